The van der Waals surface area contributed by atoms with Crippen molar-refractivity contribution in [1.82, 2.24) is 29.1 Å². The lowest BCUT2D eigenvalue weighted by atomic mass is 9.97. The summed E-state index contributed by atoms with van der Waals surface area (Å²) >= 11 is 0. The number of carbonyl (C=O) groups is 3. The fourth-order valence-corrected chi connectivity index (χ4v) is 6.30. The number of benzene rings is 1. The van der Waals surface area contributed by atoms with Gasteiger partial charge in [-0.1, -0.05) is 6.07 Å². The Balaban J connectivity index is 1.31. The summed E-state index contributed by atoms with van der Waals surface area (Å²) in [5.74, 6) is -1.09. The summed E-state index contributed by atoms with van der Waals surface area (Å²) in [5, 5.41) is 2.95. The molecule has 4 amide bonds. The van der Waals surface area contributed by atoms with Crippen molar-refractivity contribution in [3.63, 3.8) is 0 Å². The zero-order chi connectivity index (χ0) is 27.5. The summed E-state index contributed by atoms with van der Waals surface area (Å²) < 4.78 is 18.8. The molecule has 10 nitrogen and oxygen atoms in total. The highest BCUT2D eigenvalue weighted by Crippen LogP contribution is 2.38. The molecule has 7 rings (SSSR count). The van der Waals surface area contributed by atoms with E-state index >= 15 is 4.39 Å². The van der Waals surface area contributed by atoms with Crippen LogP contribution >= 0.6 is 0 Å². The van der Waals surface area contributed by atoms with Crippen molar-refractivity contribution >= 4 is 45.5 Å². The van der Waals surface area contributed by atoms with Gasteiger partial charge in [-0.05, 0) is 55.1 Å². The van der Waals surface area contributed by atoms with Gasteiger partial charge >= 0.3 is 6.03 Å². The van der Waals surface area contributed by atoms with Gasteiger partial charge in [0, 0.05) is 56.1 Å². The highest BCUT2D eigenvalue weighted by molar-refractivity contribution is 6.49. The third-order valence-corrected chi connectivity index (χ3v) is 8.35. The van der Waals surface area contributed by atoms with Crippen LogP contribution < -0.4 is 11.1 Å². The van der Waals surface area contributed by atoms with E-state index in [0.29, 0.717) is 66.5 Å². The molecule has 3 aromatic heterocycles. The van der Waals surface area contributed by atoms with E-state index in [2.05, 4.69) is 10.3 Å². The Bertz CT molecular complexity index is 1740. The number of imide groups is 1. The van der Waals surface area contributed by atoms with Gasteiger partial charge in [-0.2, -0.15) is 0 Å². The van der Waals surface area contributed by atoms with Crippen LogP contribution in [0.25, 0.3) is 27.7 Å². The number of likely N-dealkylation sites (tertiary alicyclic amines) is 1. The second kappa shape index (κ2) is 9.30. The first kappa shape index (κ1) is 24.5. The van der Waals surface area contributed by atoms with Gasteiger partial charge in [-0.3, -0.25) is 19.3 Å². The number of rotatable bonds is 3. The fourth-order valence-electron chi connectivity index (χ4n) is 6.30. The average Bonchev–Trinajstić information content (AvgIpc) is 3.58. The van der Waals surface area contributed by atoms with Crippen molar-refractivity contribution in [3.8, 4) is 0 Å². The minimum atomic E-state index is -0.537. The van der Waals surface area contributed by atoms with Crippen LogP contribution in [-0.2, 0) is 22.7 Å². The number of aromatic nitrogens is 3. The smallest absolute Gasteiger partial charge is 0.320 e. The quantitative estimate of drug-likeness (QED) is 0.387. The molecule has 11 heteroatoms. The number of piperidine rings is 1. The van der Waals surface area contributed by atoms with Crippen molar-refractivity contribution in [2.24, 2.45) is 11.7 Å². The monoisotopic (exact) mass is 541 g/mol. The van der Waals surface area contributed by atoms with Gasteiger partial charge < -0.3 is 20.1 Å². The number of nitrogens with zero attached hydrogens (tertiary/aromatic N) is 5. The molecule has 6 heterocycles. The van der Waals surface area contributed by atoms with Crippen molar-refractivity contribution < 1.29 is 18.8 Å². The number of urea groups is 1. The average molecular weight is 542 g/mol. The van der Waals surface area contributed by atoms with Crippen LogP contribution in [0.2, 0.25) is 0 Å². The molecular weight excluding hydrogens is 513 g/mol. The number of fused-ring (bicyclic) bond motifs is 1. The molecule has 1 fully saturated rings. The molecular formula is C29H28FN7O3. The van der Waals surface area contributed by atoms with Gasteiger partial charge in [0.1, 0.15) is 11.5 Å². The third-order valence-electron chi connectivity index (χ3n) is 8.35. The van der Waals surface area contributed by atoms with Crippen molar-refractivity contribution in [3.05, 3.63) is 71.6 Å². The zero-order valence-electron chi connectivity index (χ0n) is 21.8. The fraction of sp³-hybridized carbons (Fsp3) is 0.310. The first-order chi connectivity index (χ1) is 19.4. The summed E-state index contributed by atoms with van der Waals surface area (Å²) in [7, 11) is 0. The first-order valence-corrected chi connectivity index (χ1v) is 13.5. The molecule has 0 bridgehead atoms. The Morgan fingerprint density at radius 2 is 1.85 bits per heavy atom. The number of nitrogens with two attached hydrogens (primary N) is 1. The Labute approximate surface area is 228 Å². The molecule has 0 radical (unpaired) electrons. The molecule has 1 saturated heterocycles. The molecule has 3 aliphatic heterocycles. The van der Waals surface area contributed by atoms with Crippen LogP contribution in [0.15, 0.2) is 48.9 Å². The van der Waals surface area contributed by atoms with Crippen molar-refractivity contribution in [1.29, 1.82) is 0 Å². The van der Waals surface area contributed by atoms with Gasteiger partial charge in [0.25, 0.3) is 11.8 Å². The topological polar surface area (TPSA) is 118 Å². The molecule has 1 aromatic carbocycles. The SMILES string of the molecule is NCC1CCN(C(=O)N2CCn3cc(C4=C(c5cnc6ccccn56)C(=O)NC4=O)c4cc(F)cc(c43)C2)CC1. The second-order valence-electron chi connectivity index (χ2n) is 10.7. The zero-order valence-corrected chi connectivity index (χ0v) is 21.8. The van der Waals surface area contributed by atoms with Crippen molar-refractivity contribution in [2.75, 3.05) is 26.2 Å². The summed E-state index contributed by atoms with van der Waals surface area (Å²) in [6, 6.07) is 8.26. The Morgan fingerprint density at radius 1 is 1.05 bits per heavy atom. The van der Waals surface area contributed by atoms with Crippen LogP contribution in [0.3, 0.4) is 0 Å². The maximum Gasteiger partial charge on any atom is 0.320 e. The number of imidazole rings is 1. The van der Waals surface area contributed by atoms with E-state index in [1.165, 1.54) is 12.1 Å². The first-order valence-electron chi connectivity index (χ1n) is 13.5. The summed E-state index contributed by atoms with van der Waals surface area (Å²) in [6.07, 6.45) is 6.91. The number of nitrogens with one attached hydrogen (secondary N) is 1. The third kappa shape index (κ3) is 3.80. The second-order valence-corrected chi connectivity index (χ2v) is 10.7. The largest absolute Gasteiger partial charge is 0.345 e. The van der Waals surface area contributed by atoms with Crippen LogP contribution in [0.5, 0.6) is 0 Å². The van der Waals surface area contributed by atoms with Crippen LogP contribution in [0, 0.1) is 11.7 Å². The van der Waals surface area contributed by atoms with E-state index in [1.807, 2.05) is 27.7 Å². The number of hydrogen-bond acceptors (Lipinski definition) is 5. The molecule has 40 heavy (non-hydrogen) atoms. The summed E-state index contributed by atoms with van der Waals surface area (Å²) in [5.41, 5.74) is 9.20. The van der Waals surface area contributed by atoms with Gasteiger partial charge in [-0.15, -0.1) is 0 Å². The van der Waals surface area contributed by atoms with Crippen LogP contribution in [0.4, 0.5) is 9.18 Å². The van der Waals surface area contributed by atoms with E-state index in [1.54, 1.807) is 27.9 Å². The maximum absolute atomic E-state index is 15.1. The molecule has 0 saturated carbocycles. The standard InChI is InChI=1S/C29H28FN7O3/c30-19-11-18-15-36(29(40)34-7-4-17(13-31)5-8-34)10-9-35-16-21(20(12-19)26(18)35)24-25(28(39)33-27(24)38)22-14-32-23-3-1-2-6-37(22)23/h1-3,6,11-12,14,16-17H,4-5,7-10,13,15,31H2,(H,33,38,39). The van der Waals surface area contributed by atoms with E-state index in [9.17, 15) is 14.4 Å². The minimum Gasteiger partial charge on any atom is -0.345 e. The van der Waals surface area contributed by atoms with Crippen LogP contribution in [-0.4, -0.2) is 67.8 Å². The normalized spacial score (nSPS) is 18.2. The van der Waals surface area contributed by atoms with E-state index in [-0.39, 0.29) is 23.7 Å². The molecule has 0 unspecified atom stereocenters. The molecule has 0 aliphatic carbocycles. The minimum absolute atomic E-state index is 0.0581. The van der Waals surface area contributed by atoms with Gasteiger partial charge in [0.05, 0.1) is 28.6 Å². The lowest BCUT2D eigenvalue weighted by Crippen LogP contribution is -2.47. The molecule has 3 N–H and O–H groups in total. The van der Waals surface area contributed by atoms with Gasteiger partial charge in [-0.25, -0.2) is 14.2 Å². The predicted molar refractivity (Wildman–Crippen MR) is 146 cm³/mol. The summed E-state index contributed by atoms with van der Waals surface area (Å²) in [4.78, 5) is 47.7. The number of pyridine rings is 1. The van der Waals surface area contributed by atoms with Gasteiger partial charge in [0.15, 0.2) is 0 Å². The number of carbonyl (C=O) groups excluding carboxylic acids is 3. The molecule has 3 aliphatic rings. The predicted octanol–water partition coefficient (Wildman–Crippen LogP) is 2.60. The highest BCUT2D eigenvalue weighted by atomic mass is 19.1. The van der Waals surface area contributed by atoms with Crippen molar-refractivity contribution in [2.45, 2.75) is 25.9 Å². The van der Waals surface area contributed by atoms with Gasteiger partial charge in [0.2, 0.25) is 0 Å². The Kier molecular flexibility index (Phi) is 5.70. The Morgan fingerprint density at radius 3 is 2.65 bits per heavy atom. The summed E-state index contributed by atoms with van der Waals surface area (Å²) in [6.45, 7) is 3.10. The van der Waals surface area contributed by atoms with Crippen LogP contribution in [0.1, 0.15) is 29.7 Å². The molecule has 4 aromatic rings. The van der Waals surface area contributed by atoms with E-state index in [4.69, 9.17) is 5.73 Å². The van der Waals surface area contributed by atoms with E-state index in [0.717, 1.165) is 18.4 Å². The molecule has 0 atom stereocenters. The number of amides is 4. The lowest BCUT2D eigenvalue weighted by molar-refractivity contribution is -0.122. The number of halogens is 1. The molecule has 0 spiro atoms. The molecule has 204 valence electrons. The lowest BCUT2D eigenvalue weighted by Gasteiger charge is -2.35. The number of hydrogen-bond donors (Lipinski definition) is 2. The highest BCUT2D eigenvalue weighted by Gasteiger charge is 2.36. The van der Waals surface area contributed by atoms with E-state index < -0.39 is 17.6 Å². The Hall–Kier alpha value is -4.51. The maximum atomic E-state index is 15.1.